The fourth-order valence-electron chi connectivity index (χ4n) is 2.74. The molecule has 3 aromatic rings. The molecule has 0 radical (unpaired) electrons. The molecule has 2 amide bonds. The van der Waals surface area contributed by atoms with E-state index in [0.717, 1.165) is 0 Å². The molecule has 8 heteroatoms. The van der Waals surface area contributed by atoms with E-state index < -0.39 is 0 Å². The van der Waals surface area contributed by atoms with Gasteiger partial charge in [-0.25, -0.2) is 9.48 Å². The molecular weight excluding hydrogens is 372 g/mol. The molecule has 0 saturated heterocycles. The molecule has 0 aliphatic rings. The van der Waals surface area contributed by atoms with E-state index in [1.807, 2.05) is 18.2 Å². The molecule has 150 valence electrons. The molecular formula is C21H22N4O4. The van der Waals surface area contributed by atoms with Gasteiger partial charge in [0.15, 0.2) is 0 Å². The second kappa shape index (κ2) is 9.41. The van der Waals surface area contributed by atoms with Crippen molar-refractivity contribution in [3.8, 4) is 22.8 Å². The summed E-state index contributed by atoms with van der Waals surface area (Å²) in [4.78, 5) is 24.1. The van der Waals surface area contributed by atoms with Crippen LogP contribution in [-0.2, 0) is 6.54 Å². The van der Waals surface area contributed by atoms with Crippen LogP contribution < -0.4 is 25.7 Å². The Balaban J connectivity index is 1.70. The monoisotopic (exact) mass is 394 g/mol. The number of hydrogen-bond acceptors (Lipinski definition) is 5. The number of aromatic nitrogens is 2. The predicted octanol–water partition coefficient (Wildman–Crippen LogP) is 2.75. The molecule has 0 spiro atoms. The zero-order chi connectivity index (χ0) is 20.6. The standard InChI is InChI=1S/C21H22N4O4/c1-28-16-8-10-19(29-2)17(14-16)18-9-11-20(26)25(24-18)13-12-22-21(27)23-15-6-4-3-5-7-15/h3-11,14H,12-13H2,1-2H3,(H2,22,23,27). The van der Waals surface area contributed by atoms with Crippen LogP contribution in [0.5, 0.6) is 11.5 Å². The highest BCUT2D eigenvalue weighted by molar-refractivity contribution is 5.89. The topological polar surface area (TPSA) is 94.5 Å². The summed E-state index contributed by atoms with van der Waals surface area (Å²) < 4.78 is 12.0. The minimum atomic E-state index is -0.352. The summed E-state index contributed by atoms with van der Waals surface area (Å²) in [7, 11) is 3.14. The third kappa shape index (κ3) is 5.13. The first kappa shape index (κ1) is 19.9. The summed E-state index contributed by atoms with van der Waals surface area (Å²) in [6.45, 7) is 0.464. The highest BCUT2D eigenvalue weighted by Gasteiger charge is 2.11. The highest BCUT2D eigenvalue weighted by atomic mass is 16.5. The van der Waals surface area contributed by atoms with Gasteiger partial charge in [-0.15, -0.1) is 0 Å². The Hall–Kier alpha value is -3.81. The fraction of sp³-hybridized carbons (Fsp3) is 0.190. The van der Waals surface area contributed by atoms with E-state index in [0.29, 0.717) is 28.4 Å². The minimum absolute atomic E-state index is 0.223. The van der Waals surface area contributed by atoms with E-state index in [2.05, 4.69) is 15.7 Å². The van der Waals surface area contributed by atoms with Gasteiger partial charge < -0.3 is 20.1 Å². The predicted molar refractivity (Wildman–Crippen MR) is 111 cm³/mol. The SMILES string of the molecule is COc1ccc(OC)c(-c2ccc(=O)n(CCNC(=O)Nc3ccccc3)n2)c1. The van der Waals surface area contributed by atoms with Gasteiger partial charge >= 0.3 is 6.03 Å². The van der Waals surface area contributed by atoms with Crippen molar-refractivity contribution in [2.24, 2.45) is 0 Å². The number of para-hydroxylation sites is 1. The number of carbonyl (C=O) groups excluding carboxylic acids is 1. The Kier molecular flexibility index (Phi) is 6.47. The van der Waals surface area contributed by atoms with Gasteiger partial charge in [-0.05, 0) is 36.4 Å². The van der Waals surface area contributed by atoms with E-state index in [1.165, 1.54) is 10.7 Å². The lowest BCUT2D eigenvalue weighted by molar-refractivity contribution is 0.251. The molecule has 0 aliphatic carbocycles. The van der Waals surface area contributed by atoms with Crippen LogP contribution in [0, 0.1) is 0 Å². The number of ether oxygens (including phenoxy) is 2. The van der Waals surface area contributed by atoms with E-state index in [-0.39, 0.29) is 24.7 Å². The molecule has 3 rings (SSSR count). The molecule has 0 unspecified atom stereocenters. The number of amides is 2. The lowest BCUT2D eigenvalue weighted by Crippen LogP contribution is -2.34. The van der Waals surface area contributed by atoms with Crippen molar-refractivity contribution in [3.63, 3.8) is 0 Å². The molecule has 0 bridgehead atoms. The molecule has 1 aromatic heterocycles. The maximum Gasteiger partial charge on any atom is 0.319 e. The molecule has 2 N–H and O–H groups in total. The quantitative estimate of drug-likeness (QED) is 0.643. The molecule has 1 heterocycles. The maximum atomic E-state index is 12.2. The zero-order valence-corrected chi connectivity index (χ0v) is 16.2. The normalized spacial score (nSPS) is 10.3. The average Bonchev–Trinajstić information content (AvgIpc) is 2.75. The number of rotatable bonds is 7. The third-order valence-corrected chi connectivity index (χ3v) is 4.19. The summed E-state index contributed by atoms with van der Waals surface area (Å²) in [6.07, 6.45) is 0. The largest absolute Gasteiger partial charge is 0.497 e. The number of hydrogen-bond donors (Lipinski definition) is 2. The van der Waals surface area contributed by atoms with Gasteiger partial charge in [0, 0.05) is 23.9 Å². The molecule has 0 saturated carbocycles. The van der Waals surface area contributed by atoms with Crippen LogP contribution in [0.4, 0.5) is 10.5 Å². The van der Waals surface area contributed by atoms with Gasteiger partial charge in [-0.2, -0.15) is 5.10 Å². The van der Waals surface area contributed by atoms with Gasteiger partial charge in [0.1, 0.15) is 11.5 Å². The first-order valence-electron chi connectivity index (χ1n) is 9.01. The summed E-state index contributed by atoms with van der Waals surface area (Å²) in [5, 5.41) is 9.84. The Morgan fingerprint density at radius 1 is 1.03 bits per heavy atom. The van der Waals surface area contributed by atoms with Crippen molar-refractivity contribution in [1.29, 1.82) is 0 Å². The van der Waals surface area contributed by atoms with Gasteiger partial charge in [0.25, 0.3) is 5.56 Å². The number of benzene rings is 2. The second-order valence-corrected chi connectivity index (χ2v) is 6.09. The molecule has 8 nitrogen and oxygen atoms in total. The lowest BCUT2D eigenvalue weighted by atomic mass is 10.1. The van der Waals surface area contributed by atoms with E-state index >= 15 is 0 Å². The number of carbonyl (C=O) groups is 1. The summed E-state index contributed by atoms with van der Waals surface area (Å²) >= 11 is 0. The van der Waals surface area contributed by atoms with Crippen molar-refractivity contribution in [2.45, 2.75) is 6.54 Å². The van der Waals surface area contributed by atoms with Crippen LogP contribution in [0.2, 0.25) is 0 Å². The molecule has 0 atom stereocenters. The summed E-state index contributed by atoms with van der Waals surface area (Å²) in [5.74, 6) is 1.27. The van der Waals surface area contributed by atoms with Gasteiger partial charge in [-0.3, -0.25) is 4.79 Å². The molecule has 29 heavy (non-hydrogen) atoms. The van der Waals surface area contributed by atoms with Crippen LogP contribution in [0.1, 0.15) is 0 Å². The van der Waals surface area contributed by atoms with E-state index in [1.54, 1.807) is 50.6 Å². The molecule has 2 aromatic carbocycles. The van der Waals surface area contributed by atoms with Gasteiger partial charge in [-0.1, -0.05) is 18.2 Å². The summed E-state index contributed by atoms with van der Waals surface area (Å²) in [5.41, 5.74) is 1.69. The number of nitrogens with zero attached hydrogens (tertiary/aromatic N) is 2. The van der Waals surface area contributed by atoms with Crippen LogP contribution in [-0.4, -0.2) is 36.6 Å². The van der Waals surface area contributed by atoms with Crippen molar-refractivity contribution in [3.05, 3.63) is 71.0 Å². The van der Waals surface area contributed by atoms with Crippen molar-refractivity contribution in [1.82, 2.24) is 15.1 Å². The highest BCUT2D eigenvalue weighted by Crippen LogP contribution is 2.31. The Labute approximate surface area is 168 Å². The van der Waals surface area contributed by atoms with Crippen LogP contribution >= 0.6 is 0 Å². The van der Waals surface area contributed by atoms with Crippen LogP contribution in [0.3, 0.4) is 0 Å². The lowest BCUT2D eigenvalue weighted by Gasteiger charge is -2.12. The van der Waals surface area contributed by atoms with E-state index in [4.69, 9.17) is 9.47 Å². The number of urea groups is 1. The fourth-order valence-corrected chi connectivity index (χ4v) is 2.74. The van der Waals surface area contributed by atoms with Crippen molar-refractivity contribution in [2.75, 3.05) is 26.1 Å². The van der Waals surface area contributed by atoms with E-state index in [9.17, 15) is 9.59 Å². The smallest absolute Gasteiger partial charge is 0.319 e. The summed E-state index contributed by atoms with van der Waals surface area (Å²) in [6, 6.07) is 17.2. The first-order chi connectivity index (χ1) is 14.1. The van der Waals surface area contributed by atoms with Crippen LogP contribution in [0.25, 0.3) is 11.3 Å². The number of anilines is 1. The Bertz CT molecular complexity index is 1030. The molecule has 0 aliphatic heterocycles. The average molecular weight is 394 g/mol. The number of methoxy groups -OCH3 is 2. The van der Waals surface area contributed by atoms with Gasteiger partial charge in [0.2, 0.25) is 0 Å². The minimum Gasteiger partial charge on any atom is -0.497 e. The Morgan fingerprint density at radius 2 is 1.83 bits per heavy atom. The number of nitrogens with one attached hydrogen (secondary N) is 2. The molecule has 0 fully saturated rings. The Morgan fingerprint density at radius 3 is 2.55 bits per heavy atom. The second-order valence-electron chi connectivity index (χ2n) is 6.09. The first-order valence-corrected chi connectivity index (χ1v) is 9.01. The third-order valence-electron chi connectivity index (χ3n) is 4.19. The van der Waals surface area contributed by atoms with Crippen LogP contribution in [0.15, 0.2) is 65.5 Å². The van der Waals surface area contributed by atoms with Crippen molar-refractivity contribution >= 4 is 11.7 Å². The zero-order valence-electron chi connectivity index (χ0n) is 16.2. The van der Waals surface area contributed by atoms with Crippen molar-refractivity contribution < 1.29 is 14.3 Å². The maximum absolute atomic E-state index is 12.2. The van der Waals surface area contributed by atoms with Gasteiger partial charge in [0.05, 0.1) is 26.5 Å².